The molecule has 9 rings (SSSR count). The predicted octanol–water partition coefficient (Wildman–Crippen LogP) is 10.6. The molecule has 0 saturated carbocycles. The summed E-state index contributed by atoms with van der Waals surface area (Å²) in [5, 5.41) is 4.56. The maximum absolute atomic E-state index is 6.75. The van der Waals surface area contributed by atoms with Crippen LogP contribution < -0.4 is 4.90 Å². The first-order valence-electron chi connectivity index (χ1n) is 15.0. The minimum Gasteiger partial charge on any atom is -0.454 e. The molecule has 212 valence electrons. The Hall–Kier alpha value is -6.20. The Balaban J connectivity index is 1.31. The first-order chi connectivity index (χ1) is 22.3. The summed E-state index contributed by atoms with van der Waals surface area (Å²) in [5.41, 5.74) is 9.39. The van der Waals surface area contributed by atoms with Crippen molar-refractivity contribution in [3.63, 3.8) is 0 Å². The monoisotopic (exact) mass is 578 g/mol. The normalized spacial score (nSPS) is 11.6. The van der Waals surface area contributed by atoms with Crippen LogP contribution in [0, 0.1) is 0 Å². The number of nitrogens with zero attached hydrogens (tertiary/aromatic N) is 4. The second kappa shape index (κ2) is 10.2. The zero-order valence-corrected chi connectivity index (χ0v) is 24.2. The smallest absolute Gasteiger partial charge is 0.160 e. The zero-order chi connectivity index (χ0) is 29.7. The van der Waals surface area contributed by atoms with Gasteiger partial charge in [-0.25, -0.2) is 9.97 Å². The molecule has 0 spiro atoms. The van der Waals surface area contributed by atoms with Gasteiger partial charge in [0.15, 0.2) is 5.58 Å². The molecule has 9 aromatic rings. The summed E-state index contributed by atoms with van der Waals surface area (Å²) in [6.45, 7) is 0. The topological polar surface area (TPSA) is 47.1 Å². The van der Waals surface area contributed by atoms with Crippen molar-refractivity contribution in [2.75, 3.05) is 4.90 Å². The van der Waals surface area contributed by atoms with Gasteiger partial charge in [0.05, 0.1) is 11.0 Å². The van der Waals surface area contributed by atoms with E-state index in [1.54, 1.807) is 12.5 Å². The number of hydrogen-bond acceptors (Lipinski definition) is 4. The molecule has 0 aliphatic carbocycles. The van der Waals surface area contributed by atoms with Crippen molar-refractivity contribution in [1.29, 1.82) is 0 Å². The van der Waals surface area contributed by atoms with Gasteiger partial charge in [-0.05, 0) is 71.8 Å². The number of anilines is 3. The highest BCUT2D eigenvalue weighted by Crippen LogP contribution is 2.45. The van der Waals surface area contributed by atoms with Gasteiger partial charge >= 0.3 is 0 Å². The maximum Gasteiger partial charge on any atom is 0.160 e. The molecular weight excluding hydrogens is 552 g/mol. The highest BCUT2D eigenvalue weighted by molar-refractivity contribution is 6.25. The number of fused-ring (bicyclic) bond motifs is 7. The van der Waals surface area contributed by atoms with Crippen LogP contribution in [0.2, 0.25) is 0 Å². The van der Waals surface area contributed by atoms with Crippen LogP contribution in [0.5, 0.6) is 0 Å². The Morgan fingerprint density at radius 3 is 2.07 bits per heavy atom. The van der Waals surface area contributed by atoms with Gasteiger partial charge in [-0.1, -0.05) is 84.9 Å². The minimum absolute atomic E-state index is 0.808. The summed E-state index contributed by atoms with van der Waals surface area (Å²) in [6, 6.07) is 50.8. The summed E-state index contributed by atoms with van der Waals surface area (Å²) < 4.78 is 9.09. The van der Waals surface area contributed by atoms with Crippen LogP contribution >= 0.6 is 0 Å². The first kappa shape index (κ1) is 25.3. The van der Waals surface area contributed by atoms with Crippen LogP contribution in [0.15, 0.2) is 163 Å². The second-order valence-corrected chi connectivity index (χ2v) is 11.1. The van der Waals surface area contributed by atoms with E-state index in [2.05, 4.69) is 135 Å². The third-order valence-corrected chi connectivity index (χ3v) is 8.54. The van der Waals surface area contributed by atoms with Crippen LogP contribution in [0.4, 0.5) is 17.2 Å². The lowest BCUT2D eigenvalue weighted by Gasteiger charge is -2.24. The van der Waals surface area contributed by atoms with Gasteiger partial charge in [0.25, 0.3) is 0 Å². The Kier molecular flexibility index (Phi) is 5.74. The van der Waals surface area contributed by atoms with Crippen molar-refractivity contribution in [2.24, 2.45) is 0 Å². The molecular formula is C40H26N4O. The summed E-state index contributed by atoms with van der Waals surface area (Å²) in [6.07, 6.45) is 3.36. The third-order valence-electron chi connectivity index (χ3n) is 8.54. The molecule has 6 aromatic carbocycles. The average molecular weight is 579 g/mol. The zero-order valence-electron chi connectivity index (χ0n) is 24.2. The molecule has 3 aromatic heterocycles. The summed E-state index contributed by atoms with van der Waals surface area (Å²) in [5.74, 6) is 0.808. The van der Waals surface area contributed by atoms with Gasteiger partial charge in [0, 0.05) is 44.8 Å². The van der Waals surface area contributed by atoms with Gasteiger partial charge in [-0.15, -0.1) is 0 Å². The third kappa shape index (κ3) is 4.02. The van der Waals surface area contributed by atoms with Crippen molar-refractivity contribution in [3.05, 3.63) is 158 Å². The summed E-state index contributed by atoms with van der Waals surface area (Å²) in [7, 11) is 0. The van der Waals surface area contributed by atoms with Gasteiger partial charge in [-0.3, -0.25) is 4.90 Å². The van der Waals surface area contributed by atoms with Gasteiger partial charge in [-0.2, -0.15) is 0 Å². The second-order valence-electron chi connectivity index (χ2n) is 11.1. The lowest BCUT2D eigenvalue weighted by atomic mass is 9.96. The van der Waals surface area contributed by atoms with E-state index in [4.69, 9.17) is 4.42 Å². The van der Waals surface area contributed by atoms with Gasteiger partial charge < -0.3 is 8.98 Å². The molecule has 0 radical (unpaired) electrons. The number of furan rings is 1. The van der Waals surface area contributed by atoms with E-state index in [1.165, 1.54) is 5.39 Å². The molecule has 0 N–H and O–H groups in total. The van der Waals surface area contributed by atoms with Crippen molar-refractivity contribution < 1.29 is 4.42 Å². The predicted molar refractivity (Wildman–Crippen MR) is 184 cm³/mol. The van der Waals surface area contributed by atoms with Gasteiger partial charge in [0.1, 0.15) is 17.7 Å². The number of rotatable bonds is 5. The lowest BCUT2D eigenvalue weighted by Crippen LogP contribution is -2.11. The molecule has 5 heteroatoms. The Bertz CT molecular complexity index is 2430. The molecule has 0 aliphatic heterocycles. The fourth-order valence-corrected chi connectivity index (χ4v) is 6.60. The molecule has 0 saturated heterocycles. The molecule has 5 nitrogen and oxygen atoms in total. The van der Waals surface area contributed by atoms with Crippen LogP contribution in [0.25, 0.3) is 60.6 Å². The van der Waals surface area contributed by atoms with Crippen LogP contribution in [-0.4, -0.2) is 14.5 Å². The fraction of sp³-hybridized carbons (Fsp3) is 0. The van der Waals surface area contributed by atoms with Crippen molar-refractivity contribution in [3.8, 4) is 16.8 Å². The van der Waals surface area contributed by atoms with Crippen molar-refractivity contribution in [1.82, 2.24) is 14.5 Å². The minimum atomic E-state index is 0.808. The van der Waals surface area contributed by atoms with E-state index in [9.17, 15) is 0 Å². The molecule has 45 heavy (non-hydrogen) atoms. The maximum atomic E-state index is 6.75. The van der Waals surface area contributed by atoms with E-state index >= 15 is 0 Å². The molecule has 0 atom stereocenters. The number of benzene rings is 6. The Morgan fingerprint density at radius 2 is 1.29 bits per heavy atom. The van der Waals surface area contributed by atoms with E-state index in [1.807, 2.05) is 30.3 Å². The van der Waals surface area contributed by atoms with E-state index in [0.29, 0.717) is 0 Å². The molecule has 0 fully saturated rings. The molecule has 0 bridgehead atoms. The highest BCUT2D eigenvalue weighted by atomic mass is 16.3. The summed E-state index contributed by atoms with van der Waals surface area (Å²) in [4.78, 5) is 10.9. The van der Waals surface area contributed by atoms with E-state index in [0.717, 1.165) is 72.4 Å². The lowest BCUT2D eigenvalue weighted by molar-refractivity contribution is 0.671. The highest BCUT2D eigenvalue weighted by Gasteiger charge is 2.23. The number of aromatic nitrogens is 3. The first-order valence-corrected chi connectivity index (χ1v) is 15.0. The average Bonchev–Trinajstić information content (AvgIpc) is 3.66. The molecule has 0 unspecified atom stereocenters. The number of para-hydroxylation sites is 4. The molecule has 3 heterocycles. The quantitative estimate of drug-likeness (QED) is 0.204. The standard InChI is InChI=1S/C40H26N4O/c1-3-11-28(12-4-1)43(37-23-24-41-26-42-37)30-21-19-27(20-22-30)33-25-34-31-15-7-9-17-35(31)44(29-13-5-2-6-14-29)39(34)40-38(33)32-16-8-10-18-36(32)45-40/h1-26H. The molecule has 0 amide bonds. The van der Waals surface area contributed by atoms with Crippen molar-refractivity contribution in [2.45, 2.75) is 0 Å². The largest absolute Gasteiger partial charge is 0.454 e. The van der Waals surface area contributed by atoms with Gasteiger partial charge in [0.2, 0.25) is 0 Å². The van der Waals surface area contributed by atoms with Crippen LogP contribution in [-0.2, 0) is 0 Å². The Morgan fingerprint density at radius 1 is 0.600 bits per heavy atom. The summed E-state index contributed by atoms with van der Waals surface area (Å²) >= 11 is 0. The van der Waals surface area contributed by atoms with Crippen molar-refractivity contribution >= 4 is 60.9 Å². The van der Waals surface area contributed by atoms with E-state index < -0.39 is 0 Å². The fourth-order valence-electron chi connectivity index (χ4n) is 6.60. The number of hydrogen-bond donors (Lipinski definition) is 0. The van der Waals surface area contributed by atoms with E-state index in [-0.39, 0.29) is 0 Å². The van der Waals surface area contributed by atoms with Crippen LogP contribution in [0.1, 0.15) is 0 Å². The Labute approximate surface area is 259 Å². The molecule has 0 aliphatic rings. The SMILES string of the molecule is c1ccc(N(c2ccc(-c3cc4c5ccccc5n(-c5ccccc5)c4c4oc5ccccc5c34)cc2)c2ccncn2)cc1. The van der Waals surface area contributed by atoms with Crippen LogP contribution in [0.3, 0.4) is 0 Å².